The van der Waals surface area contributed by atoms with E-state index in [0.29, 0.717) is 5.56 Å². The molecule has 96 valence electrons. The fraction of sp³-hybridized carbons (Fsp3) is 0.357. The molecule has 2 rings (SSSR count). The van der Waals surface area contributed by atoms with Crippen LogP contribution in [0, 0.1) is 0 Å². The quantitative estimate of drug-likeness (QED) is 0.749. The predicted octanol–water partition coefficient (Wildman–Crippen LogP) is 2.26. The van der Waals surface area contributed by atoms with E-state index in [1.165, 1.54) is 0 Å². The summed E-state index contributed by atoms with van der Waals surface area (Å²) in [4.78, 5) is 12.0. The van der Waals surface area contributed by atoms with Gasteiger partial charge in [-0.25, -0.2) is 4.79 Å². The summed E-state index contributed by atoms with van der Waals surface area (Å²) in [5.41, 5.74) is 2.75. The van der Waals surface area contributed by atoms with Crippen LogP contribution in [0.25, 0.3) is 0 Å². The average molecular weight is 246 g/mol. The van der Waals surface area contributed by atoms with Crippen molar-refractivity contribution in [1.82, 2.24) is 10.0 Å². The Kier molecular flexibility index (Phi) is 3.39. The van der Waals surface area contributed by atoms with Gasteiger partial charge in [0.1, 0.15) is 0 Å². The first-order valence-corrected chi connectivity index (χ1v) is 5.92. The average Bonchev–Trinajstić information content (AvgIpc) is 2.57. The molecule has 1 unspecified atom stereocenters. The summed E-state index contributed by atoms with van der Waals surface area (Å²) in [6.07, 6.45) is -0.317. The monoisotopic (exact) mass is 246 g/mol. The summed E-state index contributed by atoms with van der Waals surface area (Å²) in [5, 5.41) is 3.89. The van der Waals surface area contributed by atoms with Gasteiger partial charge in [0.2, 0.25) is 0 Å². The molecule has 0 N–H and O–H groups in total. The van der Waals surface area contributed by atoms with Gasteiger partial charge in [0.05, 0.1) is 5.56 Å². The zero-order valence-electron chi connectivity index (χ0n) is 11.2. The molecular weight excluding hydrogens is 228 g/mol. The number of nitrogens with zero attached hydrogens (tertiary/aromatic N) is 2. The van der Waals surface area contributed by atoms with Gasteiger partial charge in [0, 0.05) is 25.4 Å². The third-order valence-corrected chi connectivity index (χ3v) is 3.47. The summed E-state index contributed by atoms with van der Waals surface area (Å²) in [6.45, 7) is 4.00. The lowest BCUT2D eigenvalue weighted by Crippen LogP contribution is -2.39. The molecule has 0 bridgehead atoms. The number of carbonyl (C=O) groups is 1. The van der Waals surface area contributed by atoms with Crippen LogP contribution in [0.1, 0.15) is 24.2 Å². The van der Waals surface area contributed by atoms with E-state index in [9.17, 15) is 4.79 Å². The van der Waals surface area contributed by atoms with Crippen LogP contribution in [0.2, 0.25) is 0 Å². The number of ether oxygens (including phenoxy) is 1. The Morgan fingerprint density at radius 3 is 2.28 bits per heavy atom. The Labute approximate surface area is 107 Å². The number of likely N-dealkylation sites (N-methyl/N-ethyl adjacent to an activating group) is 1. The van der Waals surface area contributed by atoms with Crippen molar-refractivity contribution < 1.29 is 9.53 Å². The first kappa shape index (κ1) is 12.6. The van der Waals surface area contributed by atoms with E-state index < -0.39 is 0 Å². The fourth-order valence-corrected chi connectivity index (χ4v) is 2.02. The second-order valence-corrected chi connectivity index (χ2v) is 4.49. The van der Waals surface area contributed by atoms with Gasteiger partial charge in [-0.3, -0.25) is 0 Å². The number of esters is 1. The van der Waals surface area contributed by atoms with E-state index >= 15 is 0 Å². The second-order valence-electron chi connectivity index (χ2n) is 4.49. The number of hydrogen-bond donors (Lipinski definition) is 0. The molecule has 1 aliphatic rings. The van der Waals surface area contributed by atoms with Crippen LogP contribution in [-0.2, 0) is 4.74 Å². The molecule has 1 aliphatic heterocycles. The summed E-state index contributed by atoms with van der Waals surface area (Å²) in [7, 11) is 3.86. The molecule has 0 amide bonds. The Balaban J connectivity index is 2.14. The van der Waals surface area contributed by atoms with Gasteiger partial charge in [-0.2, -0.15) is 5.01 Å². The van der Waals surface area contributed by atoms with Crippen LogP contribution in [0.4, 0.5) is 0 Å². The van der Waals surface area contributed by atoms with E-state index in [4.69, 9.17) is 4.74 Å². The highest BCUT2D eigenvalue weighted by atomic mass is 16.6. The normalized spacial score (nSPS) is 20.4. The number of allylic oxidation sites excluding steroid dienone is 1. The maximum atomic E-state index is 12.0. The van der Waals surface area contributed by atoms with Crippen LogP contribution in [-0.4, -0.2) is 36.3 Å². The smallest absolute Gasteiger partial charge is 0.340 e. The number of hydrazine groups is 1. The minimum Gasteiger partial charge on any atom is -0.437 e. The van der Waals surface area contributed by atoms with Crippen molar-refractivity contribution in [2.24, 2.45) is 0 Å². The zero-order chi connectivity index (χ0) is 13.3. The Hall–Kier alpha value is -1.81. The van der Waals surface area contributed by atoms with Gasteiger partial charge in [0.15, 0.2) is 6.23 Å². The molecule has 0 aromatic heterocycles. The minimum atomic E-state index is -0.317. The van der Waals surface area contributed by atoms with Crippen molar-refractivity contribution in [3.05, 3.63) is 47.2 Å². The highest BCUT2D eigenvalue weighted by Gasteiger charge is 2.32. The first-order valence-electron chi connectivity index (χ1n) is 5.92. The summed E-state index contributed by atoms with van der Waals surface area (Å²) in [5.74, 6) is -0.296. The van der Waals surface area contributed by atoms with Crippen LogP contribution < -0.4 is 0 Å². The van der Waals surface area contributed by atoms with E-state index in [0.717, 1.165) is 11.3 Å². The molecular formula is C14H18N2O2. The van der Waals surface area contributed by atoms with Crippen molar-refractivity contribution in [2.45, 2.75) is 20.1 Å². The summed E-state index contributed by atoms with van der Waals surface area (Å²) < 4.78 is 5.55. The molecule has 0 aliphatic carbocycles. The maximum absolute atomic E-state index is 12.0. The van der Waals surface area contributed by atoms with E-state index in [-0.39, 0.29) is 12.2 Å². The lowest BCUT2D eigenvalue weighted by molar-refractivity contribution is -0.0600. The number of carbonyl (C=O) groups excluding carboxylic acids is 1. The second kappa shape index (κ2) is 4.82. The van der Waals surface area contributed by atoms with Crippen LogP contribution in [0.15, 0.2) is 41.6 Å². The van der Waals surface area contributed by atoms with Crippen LogP contribution in [0.3, 0.4) is 0 Å². The molecule has 0 fully saturated rings. The van der Waals surface area contributed by atoms with Gasteiger partial charge in [0.25, 0.3) is 0 Å². The zero-order valence-corrected chi connectivity index (χ0v) is 11.2. The predicted molar refractivity (Wildman–Crippen MR) is 69.5 cm³/mol. The van der Waals surface area contributed by atoms with Gasteiger partial charge in [-0.15, -0.1) is 0 Å². The molecule has 1 aromatic rings. The largest absolute Gasteiger partial charge is 0.437 e. The fourth-order valence-electron chi connectivity index (χ4n) is 2.02. The SMILES string of the molecule is CC1=C(C)N(C)N(C)C1OC(=O)c1ccccc1. The van der Waals surface area contributed by atoms with E-state index in [1.807, 2.05) is 56.2 Å². The molecule has 1 atom stereocenters. The molecule has 4 heteroatoms. The maximum Gasteiger partial charge on any atom is 0.340 e. The van der Waals surface area contributed by atoms with Gasteiger partial charge >= 0.3 is 5.97 Å². The number of rotatable bonds is 2. The van der Waals surface area contributed by atoms with Gasteiger partial charge < -0.3 is 9.75 Å². The highest BCUT2D eigenvalue weighted by Crippen LogP contribution is 2.27. The summed E-state index contributed by atoms with van der Waals surface area (Å²) in [6, 6.07) is 9.05. The molecule has 1 heterocycles. The molecule has 18 heavy (non-hydrogen) atoms. The minimum absolute atomic E-state index is 0.296. The van der Waals surface area contributed by atoms with Crippen molar-refractivity contribution in [1.29, 1.82) is 0 Å². The van der Waals surface area contributed by atoms with Gasteiger partial charge in [-0.1, -0.05) is 18.2 Å². The van der Waals surface area contributed by atoms with Crippen LogP contribution >= 0.6 is 0 Å². The van der Waals surface area contributed by atoms with Gasteiger partial charge in [-0.05, 0) is 26.0 Å². The lowest BCUT2D eigenvalue weighted by atomic mass is 10.2. The molecule has 4 nitrogen and oxygen atoms in total. The number of hydrogen-bond acceptors (Lipinski definition) is 4. The third-order valence-electron chi connectivity index (χ3n) is 3.47. The van der Waals surface area contributed by atoms with Crippen molar-refractivity contribution >= 4 is 5.97 Å². The van der Waals surface area contributed by atoms with Crippen molar-refractivity contribution in [3.8, 4) is 0 Å². The molecule has 0 spiro atoms. The highest BCUT2D eigenvalue weighted by molar-refractivity contribution is 5.89. The first-order chi connectivity index (χ1) is 8.52. The van der Waals surface area contributed by atoms with Crippen molar-refractivity contribution in [2.75, 3.05) is 14.1 Å². The van der Waals surface area contributed by atoms with E-state index in [2.05, 4.69) is 0 Å². The third kappa shape index (κ3) is 2.11. The lowest BCUT2D eigenvalue weighted by Gasteiger charge is -2.27. The topological polar surface area (TPSA) is 32.8 Å². The number of benzene rings is 1. The standard InChI is InChI=1S/C14H18N2O2/c1-10-11(2)15(3)16(4)13(10)18-14(17)12-8-6-5-7-9-12/h5-9,13H,1-4H3. The van der Waals surface area contributed by atoms with Crippen LogP contribution in [0.5, 0.6) is 0 Å². The van der Waals surface area contributed by atoms with E-state index in [1.54, 1.807) is 12.1 Å². The molecule has 1 aromatic carbocycles. The Morgan fingerprint density at radius 1 is 1.17 bits per heavy atom. The Morgan fingerprint density at radius 2 is 1.78 bits per heavy atom. The molecule has 0 saturated heterocycles. The molecule has 0 saturated carbocycles. The summed E-state index contributed by atoms with van der Waals surface area (Å²) >= 11 is 0. The molecule has 0 radical (unpaired) electrons. The Bertz CT molecular complexity index is 482. The van der Waals surface area contributed by atoms with Crippen molar-refractivity contribution in [3.63, 3.8) is 0 Å².